The van der Waals surface area contributed by atoms with Crippen LogP contribution in [0.4, 0.5) is 0 Å². The highest BCUT2D eigenvalue weighted by atomic mass is 16.7. The summed E-state index contributed by atoms with van der Waals surface area (Å²) in [7, 11) is -0.558. The fourth-order valence-electron chi connectivity index (χ4n) is 6.14. The average Bonchev–Trinajstić information content (AvgIpc) is 3.70. The molecule has 0 unspecified atom stereocenters. The first-order chi connectivity index (χ1) is 21.8. The molecule has 0 saturated carbocycles. The van der Waals surface area contributed by atoms with Crippen molar-refractivity contribution < 1.29 is 9.31 Å². The Morgan fingerprint density at radius 2 is 0.911 bits per heavy atom. The highest BCUT2D eigenvalue weighted by Gasteiger charge is 2.52. The smallest absolute Gasteiger partial charge is 0.399 e. The Bertz CT molecular complexity index is 2030. The maximum absolute atomic E-state index is 6.60. The lowest BCUT2D eigenvalue weighted by Gasteiger charge is -2.32. The summed E-state index contributed by atoms with van der Waals surface area (Å²) < 4.78 is 17.7. The Kier molecular flexibility index (Phi) is 6.31. The van der Waals surface area contributed by atoms with E-state index < -0.39 is 18.3 Å². The molecule has 7 aromatic rings. The number of para-hydroxylation sites is 6. The SMILES string of the molecule is CC1(C)OB(c2cc(-c3nc4ccccc4n3-c3ccccc3)cc(-c3nc4ccccc4n3-c3ccccc3)c2)OC1(C)C. The Balaban J connectivity index is 1.41. The fraction of sp³-hybridized carbons (Fsp3) is 0.158. The molecule has 5 aromatic carbocycles. The summed E-state index contributed by atoms with van der Waals surface area (Å²) in [6, 6.07) is 43.8. The van der Waals surface area contributed by atoms with Gasteiger partial charge >= 0.3 is 7.12 Å². The molecule has 1 fully saturated rings. The normalized spacial score (nSPS) is 15.7. The first-order valence-electron chi connectivity index (χ1n) is 15.4. The minimum absolute atomic E-state index is 0.484. The van der Waals surface area contributed by atoms with Gasteiger partial charge in [0.05, 0.1) is 33.3 Å². The van der Waals surface area contributed by atoms with E-state index in [0.717, 1.165) is 61.7 Å². The summed E-state index contributed by atoms with van der Waals surface area (Å²) in [5.74, 6) is 1.67. The lowest BCUT2D eigenvalue weighted by Crippen LogP contribution is -2.41. The van der Waals surface area contributed by atoms with Gasteiger partial charge in [-0.2, -0.15) is 0 Å². The van der Waals surface area contributed by atoms with E-state index in [-0.39, 0.29) is 0 Å². The molecule has 1 aliphatic rings. The van der Waals surface area contributed by atoms with Gasteiger partial charge in [0.1, 0.15) is 11.6 Å². The van der Waals surface area contributed by atoms with Gasteiger partial charge in [0, 0.05) is 22.5 Å². The molecule has 0 radical (unpaired) electrons. The van der Waals surface area contributed by atoms with E-state index in [2.05, 4.69) is 140 Å². The standard InChI is InChI=1S/C38H33BN4O2/c1-37(2)38(3,4)45-39(44-37)28-24-26(35-40-31-19-11-13-21-33(31)42(35)29-15-7-5-8-16-29)23-27(25-28)36-41-32-20-12-14-22-34(32)43(36)30-17-9-6-10-18-30/h5-25H,1-4H3. The molecule has 0 spiro atoms. The van der Waals surface area contributed by atoms with Crippen molar-refractivity contribution in [2.24, 2.45) is 0 Å². The molecule has 6 nitrogen and oxygen atoms in total. The van der Waals surface area contributed by atoms with E-state index in [0.29, 0.717) is 0 Å². The van der Waals surface area contributed by atoms with Crippen LogP contribution in [-0.4, -0.2) is 37.4 Å². The van der Waals surface area contributed by atoms with Crippen molar-refractivity contribution in [1.82, 2.24) is 19.1 Å². The second-order valence-corrected chi connectivity index (χ2v) is 12.6. The highest BCUT2D eigenvalue weighted by molar-refractivity contribution is 6.62. The van der Waals surface area contributed by atoms with Crippen molar-refractivity contribution in [2.75, 3.05) is 0 Å². The molecule has 1 saturated heterocycles. The van der Waals surface area contributed by atoms with Gasteiger partial charge in [-0.3, -0.25) is 9.13 Å². The van der Waals surface area contributed by atoms with Crippen molar-refractivity contribution in [2.45, 2.75) is 38.9 Å². The van der Waals surface area contributed by atoms with Crippen LogP contribution < -0.4 is 5.46 Å². The topological polar surface area (TPSA) is 54.1 Å². The van der Waals surface area contributed by atoms with Gasteiger partial charge in [-0.15, -0.1) is 0 Å². The van der Waals surface area contributed by atoms with Crippen molar-refractivity contribution in [3.8, 4) is 34.2 Å². The zero-order chi connectivity index (χ0) is 30.8. The maximum Gasteiger partial charge on any atom is 0.494 e. The van der Waals surface area contributed by atoms with Crippen molar-refractivity contribution >= 4 is 34.6 Å². The number of hydrogen-bond donors (Lipinski definition) is 0. The molecule has 220 valence electrons. The molecule has 1 aliphatic heterocycles. The Labute approximate surface area is 263 Å². The van der Waals surface area contributed by atoms with Gasteiger partial charge < -0.3 is 9.31 Å². The van der Waals surface area contributed by atoms with Crippen molar-refractivity contribution in [3.05, 3.63) is 127 Å². The van der Waals surface area contributed by atoms with Gasteiger partial charge in [-0.1, -0.05) is 72.8 Å². The predicted molar refractivity (Wildman–Crippen MR) is 182 cm³/mol. The van der Waals surface area contributed by atoms with Crippen LogP contribution >= 0.6 is 0 Å². The molecule has 0 bridgehead atoms. The van der Waals surface area contributed by atoms with Crippen LogP contribution in [0.3, 0.4) is 0 Å². The number of benzene rings is 5. The van der Waals surface area contributed by atoms with Crippen LogP contribution in [0.2, 0.25) is 0 Å². The van der Waals surface area contributed by atoms with Crippen LogP contribution in [0.1, 0.15) is 27.7 Å². The first-order valence-corrected chi connectivity index (χ1v) is 15.4. The molecule has 0 amide bonds. The number of rotatable bonds is 5. The van der Waals surface area contributed by atoms with Crippen LogP contribution in [0, 0.1) is 0 Å². The van der Waals surface area contributed by atoms with E-state index in [1.54, 1.807) is 0 Å². The monoisotopic (exact) mass is 588 g/mol. The first kappa shape index (κ1) is 27.6. The third kappa shape index (κ3) is 4.58. The third-order valence-electron chi connectivity index (χ3n) is 9.15. The molecule has 8 rings (SSSR count). The average molecular weight is 589 g/mol. The molecule has 0 N–H and O–H groups in total. The van der Waals surface area contributed by atoms with Gasteiger partial charge in [0.25, 0.3) is 0 Å². The van der Waals surface area contributed by atoms with Crippen LogP contribution in [0.15, 0.2) is 127 Å². The second kappa shape index (κ2) is 10.3. The van der Waals surface area contributed by atoms with Gasteiger partial charge in [-0.25, -0.2) is 9.97 Å². The fourth-order valence-corrected chi connectivity index (χ4v) is 6.14. The van der Waals surface area contributed by atoms with E-state index in [4.69, 9.17) is 19.3 Å². The number of hydrogen-bond acceptors (Lipinski definition) is 4. The van der Waals surface area contributed by atoms with Crippen LogP contribution in [0.25, 0.3) is 56.2 Å². The van der Waals surface area contributed by atoms with E-state index in [1.807, 2.05) is 24.3 Å². The summed E-state index contributed by atoms with van der Waals surface area (Å²) in [6.07, 6.45) is 0. The zero-order valence-corrected chi connectivity index (χ0v) is 25.8. The van der Waals surface area contributed by atoms with Crippen LogP contribution in [0.5, 0.6) is 0 Å². The molecule has 3 heterocycles. The van der Waals surface area contributed by atoms with Crippen molar-refractivity contribution in [1.29, 1.82) is 0 Å². The Morgan fingerprint density at radius 3 is 1.36 bits per heavy atom. The Hall–Kier alpha value is -4.98. The summed E-state index contributed by atoms with van der Waals surface area (Å²) in [5, 5.41) is 0. The molecule has 45 heavy (non-hydrogen) atoms. The Morgan fingerprint density at radius 1 is 0.511 bits per heavy atom. The minimum atomic E-state index is -0.558. The number of imidazole rings is 2. The van der Waals surface area contributed by atoms with E-state index in [9.17, 15) is 0 Å². The van der Waals surface area contributed by atoms with Crippen molar-refractivity contribution in [3.63, 3.8) is 0 Å². The maximum atomic E-state index is 6.60. The molecular weight excluding hydrogens is 555 g/mol. The molecule has 0 atom stereocenters. The molecular formula is C38H33BN4O2. The lowest BCUT2D eigenvalue weighted by molar-refractivity contribution is 0.00578. The number of fused-ring (bicyclic) bond motifs is 2. The summed E-state index contributed by atoms with van der Waals surface area (Å²) in [4.78, 5) is 10.4. The van der Waals surface area contributed by atoms with E-state index >= 15 is 0 Å². The summed E-state index contributed by atoms with van der Waals surface area (Å²) in [5.41, 5.74) is 7.86. The van der Waals surface area contributed by atoms with Gasteiger partial charge in [0.15, 0.2) is 0 Å². The van der Waals surface area contributed by atoms with E-state index in [1.165, 1.54) is 0 Å². The highest BCUT2D eigenvalue weighted by Crippen LogP contribution is 2.38. The number of aromatic nitrogens is 4. The third-order valence-corrected chi connectivity index (χ3v) is 9.15. The summed E-state index contributed by atoms with van der Waals surface area (Å²) >= 11 is 0. The second-order valence-electron chi connectivity index (χ2n) is 12.6. The molecule has 2 aromatic heterocycles. The lowest BCUT2D eigenvalue weighted by atomic mass is 9.77. The molecule has 7 heteroatoms. The van der Waals surface area contributed by atoms with Gasteiger partial charge in [0.2, 0.25) is 0 Å². The van der Waals surface area contributed by atoms with Crippen LogP contribution in [-0.2, 0) is 9.31 Å². The minimum Gasteiger partial charge on any atom is -0.399 e. The number of nitrogens with zero attached hydrogens (tertiary/aromatic N) is 4. The largest absolute Gasteiger partial charge is 0.494 e. The summed E-state index contributed by atoms with van der Waals surface area (Å²) in [6.45, 7) is 8.34. The quantitative estimate of drug-likeness (QED) is 0.191. The zero-order valence-electron chi connectivity index (χ0n) is 25.8. The predicted octanol–water partition coefficient (Wildman–Crippen LogP) is 8.00. The van der Waals surface area contributed by atoms with Gasteiger partial charge in [-0.05, 0) is 87.8 Å². The molecule has 0 aliphatic carbocycles.